The predicted octanol–water partition coefficient (Wildman–Crippen LogP) is 3.25. The summed E-state index contributed by atoms with van der Waals surface area (Å²) in [5.41, 5.74) is 1.19. The molecule has 1 aromatic heterocycles. The third kappa shape index (κ3) is 6.55. The number of hydrogen-bond acceptors (Lipinski definition) is 4. The van der Waals surface area contributed by atoms with Crippen molar-refractivity contribution < 1.29 is 9.53 Å². The fourth-order valence-corrected chi connectivity index (χ4v) is 2.84. The Kier molecular flexibility index (Phi) is 7.58. The Morgan fingerprint density at radius 1 is 1.11 bits per heavy atom. The molecule has 0 aliphatic carbocycles. The number of aromatic nitrogens is 2. The fraction of sp³-hybridized carbons (Fsp3) is 0.476. The third-order valence-electron chi connectivity index (χ3n) is 4.37. The molecule has 1 N–H and O–H groups in total. The van der Waals surface area contributed by atoms with E-state index in [1.807, 2.05) is 31.2 Å². The maximum absolute atomic E-state index is 12.3. The second kappa shape index (κ2) is 9.90. The molecule has 0 bridgehead atoms. The highest BCUT2D eigenvalue weighted by atomic mass is 16.5. The molecule has 0 fully saturated rings. The lowest BCUT2D eigenvalue weighted by Crippen LogP contribution is -2.38. The number of ether oxygens (including phenoxy) is 1. The van der Waals surface area contributed by atoms with Gasteiger partial charge in [-0.1, -0.05) is 26.7 Å². The van der Waals surface area contributed by atoms with Crippen LogP contribution in [0.15, 0.2) is 41.2 Å². The maximum atomic E-state index is 12.3. The average molecular weight is 371 g/mol. The number of nitrogens with zero attached hydrogens (tertiary/aromatic N) is 2. The normalized spacial score (nSPS) is 12.0. The van der Waals surface area contributed by atoms with Gasteiger partial charge in [0.2, 0.25) is 5.91 Å². The van der Waals surface area contributed by atoms with Crippen LogP contribution >= 0.6 is 0 Å². The van der Waals surface area contributed by atoms with Gasteiger partial charge in [-0.15, -0.1) is 0 Å². The van der Waals surface area contributed by atoms with Crippen LogP contribution in [0.5, 0.6) is 5.75 Å². The molecule has 0 saturated heterocycles. The first kappa shape index (κ1) is 20.7. The highest BCUT2D eigenvalue weighted by Gasteiger charge is 2.11. The van der Waals surface area contributed by atoms with Crippen LogP contribution in [0.2, 0.25) is 0 Å². The molecule has 6 nitrogen and oxygen atoms in total. The van der Waals surface area contributed by atoms with Gasteiger partial charge in [-0.3, -0.25) is 9.59 Å². The molecule has 146 valence electrons. The molecule has 2 rings (SSSR count). The summed E-state index contributed by atoms with van der Waals surface area (Å²) in [7, 11) is 1.61. The highest BCUT2D eigenvalue weighted by molar-refractivity contribution is 5.76. The zero-order chi connectivity index (χ0) is 19.8. The lowest BCUT2D eigenvalue weighted by Gasteiger charge is -2.15. The lowest BCUT2D eigenvalue weighted by molar-refractivity contribution is -0.122. The van der Waals surface area contributed by atoms with Crippen LogP contribution < -0.4 is 15.6 Å². The van der Waals surface area contributed by atoms with Crippen molar-refractivity contribution in [2.45, 2.75) is 52.6 Å². The first-order valence-electron chi connectivity index (χ1n) is 9.41. The van der Waals surface area contributed by atoms with Gasteiger partial charge in [0.15, 0.2) is 0 Å². The molecule has 0 saturated carbocycles. The summed E-state index contributed by atoms with van der Waals surface area (Å²) in [5, 5.41) is 7.28. The molecule has 1 heterocycles. The van der Waals surface area contributed by atoms with E-state index in [2.05, 4.69) is 24.3 Å². The van der Waals surface area contributed by atoms with Gasteiger partial charge in [0.1, 0.15) is 12.3 Å². The summed E-state index contributed by atoms with van der Waals surface area (Å²) < 4.78 is 6.35. The minimum atomic E-state index is -0.296. The first-order chi connectivity index (χ1) is 12.9. The predicted molar refractivity (Wildman–Crippen MR) is 107 cm³/mol. The molecule has 1 aromatic carbocycles. The van der Waals surface area contributed by atoms with Gasteiger partial charge in [-0.25, -0.2) is 4.68 Å². The van der Waals surface area contributed by atoms with E-state index in [0.29, 0.717) is 11.6 Å². The van der Waals surface area contributed by atoms with E-state index in [9.17, 15) is 9.59 Å². The van der Waals surface area contributed by atoms with Crippen molar-refractivity contribution in [3.8, 4) is 17.0 Å². The van der Waals surface area contributed by atoms with Gasteiger partial charge in [0, 0.05) is 17.7 Å². The average Bonchev–Trinajstić information content (AvgIpc) is 2.63. The molecule has 1 amide bonds. The van der Waals surface area contributed by atoms with Crippen LogP contribution in [0.25, 0.3) is 11.3 Å². The van der Waals surface area contributed by atoms with Crippen LogP contribution in [-0.2, 0) is 11.3 Å². The number of carbonyl (C=O) groups excluding carboxylic acids is 1. The Balaban J connectivity index is 2.01. The van der Waals surface area contributed by atoms with Crippen molar-refractivity contribution in [3.05, 3.63) is 46.8 Å². The largest absolute Gasteiger partial charge is 0.497 e. The lowest BCUT2D eigenvalue weighted by atomic mass is 10.0. The molecule has 0 aliphatic rings. The van der Waals surface area contributed by atoms with E-state index in [-0.39, 0.29) is 24.1 Å². The van der Waals surface area contributed by atoms with Crippen LogP contribution in [-0.4, -0.2) is 28.8 Å². The second-order valence-corrected chi connectivity index (χ2v) is 7.24. The van der Waals surface area contributed by atoms with Crippen molar-refractivity contribution in [2.75, 3.05) is 7.11 Å². The molecule has 2 aromatic rings. The summed E-state index contributed by atoms with van der Waals surface area (Å²) in [6.45, 7) is 6.29. The van der Waals surface area contributed by atoms with Gasteiger partial charge in [0.05, 0.1) is 12.8 Å². The second-order valence-electron chi connectivity index (χ2n) is 7.24. The Morgan fingerprint density at radius 3 is 2.44 bits per heavy atom. The van der Waals surface area contributed by atoms with Gasteiger partial charge in [-0.2, -0.15) is 5.10 Å². The van der Waals surface area contributed by atoms with Crippen molar-refractivity contribution >= 4 is 5.91 Å². The molecule has 27 heavy (non-hydrogen) atoms. The maximum Gasteiger partial charge on any atom is 0.267 e. The van der Waals surface area contributed by atoms with E-state index in [1.165, 1.54) is 10.7 Å². The molecule has 6 heteroatoms. The summed E-state index contributed by atoms with van der Waals surface area (Å²) in [4.78, 5) is 24.3. The third-order valence-corrected chi connectivity index (χ3v) is 4.37. The standard InChI is InChI=1S/C21H29N3O3/c1-15(2)6-5-7-16(3)22-20(25)14-24-21(26)13-12-19(23-24)17-8-10-18(27-4)11-9-17/h8-13,15-16H,5-7,14H2,1-4H3,(H,22,25). The summed E-state index contributed by atoms with van der Waals surface area (Å²) >= 11 is 0. The topological polar surface area (TPSA) is 73.2 Å². The van der Waals surface area contributed by atoms with Crippen molar-refractivity contribution in [1.82, 2.24) is 15.1 Å². The number of methoxy groups -OCH3 is 1. The molecule has 1 unspecified atom stereocenters. The molecule has 0 radical (unpaired) electrons. The van der Waals surface area contributed by atoms with Crippen molar-refractivity contribution in [1.29, 1.82) is 0 Å². The summed E-state index contributed by atoms with van der Waals surface area (Å²) in [6.07, 6.45) is 3.15. The molecule has 0 spiro atoms. The van der Waals surface area contributed by atoms with Gasteiger partial charge in [0.25, 0.3) is 5.56 Å². The quantitative estimate of drug-likeness (QED) is 0.734. The summed E-state index contributed by atoms with van der Waals surface area (Å²) in [6, 6.07) is 10.6. The smallest absolute Gasteiger partial charge is 0.267 e. The first-order valence-corrected chi connectivity index (χ1v) is 9.41. The monoisotopic (exact) mass is 371 g/mol. The molecule has 0 aliphatic heterocycles. The fourth-order valence-electron chi connectivity index (χ4n) is 2.84. The molecular weight excluding hydrogens is 342 g/mol. The minimum absolute atomic E-state index is 0.0803. The molecule has 1 atom stereocenters. The number of amides is 1. The van der Waals surface area contributed by atoms with E-state index < -0.39 is 0 Å². The Hall–Kier alpha value is -2.63. The Labute approximate surface area is 160 Å². The number of rotatable bonds is 9. The Bertz CT molecular complexity index is 797. The van der Waals surface area contributed by atoms with Crippen molar-refractivity contribution in [2.24, 2.45) is 5.92 Å². The van der Waals surface area contributed by atoms with Crippen LogP contribution in [0.1, 0.15) is 40.0 Å². The van der Waals surface area contributed by atoms with Crippen LogP contribution in [0.3, 0.4) is 0 Å². The number of nitrogens with one attached hydrogen (secondary N) is 1. The van der Waals surface area contributed by atoms with E-state index >= 15 is 0 Å². The zero-order valence-electron chi connectivity index (χ0n) is 16.6. The number of benzene rings is 1. The zero-order valence-corrected chi connectivity index (χ0v) is 16.6. The number of hydrogen-bond donors (Lipinski definition) is 1. The molecular formula is C21H29N3O3. The van der Waals surface area contributed by atoms with E-state index in [1.54, 1.807) is 13.2 Å². The van der Waals surface area contributed by atoms with Gasteiger partial charge < -0.3 is 10.1 Å². The Morgan fingerprint density at radius 2 is 1.81 bits per heavy atom. The SMILES string of the molecule is COc1ccc(-c2ccc(=O)n(CC(=O)NC(C)CCCC(C)C)n2)cc1. The van der Waals surface area contributed by atoms with Gasteiger partial charge >= 0.3 is 0 Å². The van der Waals surface area contributed by atoms with E-state index in [4.69, 9.17) is 4.74 Å². The summed E-state index contributed by atoms with van der Waals surface area (Å²) in [5.74, 6) is 1.21. The van der Waals surface area contributed by atoms with E-state index in [0.717, 1.165) is 30.6 Å². The van der Waals surface area contributed by atoms with Crippen LogP contribution in [0, 0.1) is 5.92 Å². The minimum Gasteiger partial charge on any atom is -0.497 e. The highest BCUT2D eigenvalue weighted by Crippen LogP contribution is 2.19. The van der Waals surface area contributed by atoms with Crippen molar-refractivity contribution in [3.63, 3.8) is 0 Å². The van der Waals surface area contributed by atoms with Gasteiger partial charge in [-0.05, 0) is 49.6 Å². The van der Waals surface area contributed by atoms with Crippen LogP contribution in [0.4, 0.5) is 0 Å². The number of carbonyl (C=O) groups is 1.